The lowest BCUT2D eigenvalue weighted by Crippen LogP contribution is -2.36. The van der Waals surface area contributed by atoms with E-state index in [-0.39, 0.29) is 6.04 Å². The van der Waals surface area contributed by atoms with E-state index in [1.54, 1.807) is 14.2 Å². The lowest BCUT2D eigenvalue weighted by atomic mass is 9.80. The third-order valence-electron chi connectivity index (χ3n) is 7.83. The van der Waals surface area contributed by atoms with Crippen LogP contribution in [0.15, 0.2) is 54.6 Å². The second-order valence-electron chi connectivity index (χ2n) is 9.76. The summed E-state index contributed by atoms with van der Waals surface area (Å²) >= 11 is 0. The zero-order valence-corrected chi connectivity index (χ0v) is 21.3. The number of aryl methyl sites for hydroxylation is 1. The van der Waals surface area contributed by atoms with Crippen molar-refractivity contribution in [3.05, 3.63) is 82.4 Å². The predicted molar refractivity (Wildman–Crippen MR) is 142 cm³/mol. The van der Waals surface area contributed by atoms with Crippen molar-refractivity contribution in [2.45, 2.75) is 45.1 Å². The molecule has 186 valence electrons. The Hall–Kier alpha value is -3.60. The molecule has 0 amide bonds. The van der Waals surface area contributed by atoms with Crippen molar-refractivity contribution in [2.75, 3.05) is 27.6 Å². The second-order valence-corrected chi connectivity index (χ2v) is 9.76. The molecule has 3 aliphatic rings. The van der Waals surface area contributed by atoms with Gasteiger partial charge in [0, 0.05) is 23.4 Å². The fraction of sp³-hybridized carbons (Fsp3) is 0.355. The van der Waals surface area contributed by atoms with Crippen LogP contribution in [0.3, 0.4) is 0 Å². The van der Waals surface area contributed by atoms with Gasteiger partial charge in [-0.25, -0.2) is 0 Å². The van der Waals surface area contributed by atoms with Crippen molar-refractivity contribution in [3.63, 3.8) is 0 Å². The van der Waals surface area contributed by atoms with Crippen LogP contribution in [0.2, 0.25) is 0 Å². The molecule has 6 rings (SSSR count). The molecule has 36 heavy (non-hydrogen) atoms. The van der Waals surface area contributed by atoms with Gasteiger partial charge < -0.3 is 23.8 Å². The molecule has 0 spiro atoms. The van der Waals surface area contributed by atoms with Crippen LogP contribution in [0, 0.1) is 0 Å². The summed E-state index contributed by atoms with van der Waals surface area (Å²) in [5, 5.41) is 0. The van der Waals surface area contributed by atoms with E-state index in [2.05, 4.69) is 60.4 Å². The van der Waals surface area contributed by atoms with E-state index in [1.807, 2.05) is 6.07 Å². The number of hydrogen-bond donors (Lipinski definition) is 0. The first-order valence-electron chi connectivity index (χ1n) is 12.9. The van der Waals surface area contributed by atoms with E-state index < -0.39 is 0 Å². The van der Waals surface area contributed by atoms with E-state index in [0.29, 0.717) is 6.79 Å². The third-order valence-corrected chi connectivity index (χ3v) is 7.83. The SMILES string of the molecule is COc1ccc2c(c1OC)C(C)N1CCc3cc4c(cc3C1=C2CCCCc1ccccc1)OCO4. The van der Waals surface area contributed by atoms with Crippen molar-refractivity contribution < 1.29 is 18.9 Å². The molecular weight excluding hydrogens is 450 g/mol. The Balaban J connectivity index is 1.45. The largest absolute Gasteiger partial charge is 0.493 e. The van der Waals surface area contributed by atoms with Gasteiger partial charge in [-0.05, 0) is 79.5 Å². The van der Waals surface area contributed by atoms with E-state index in [4.69, 9.17) is 18.9 Å². The molecule has 0 N–H and O–H groups in total. The first-order valence-corrected chi connectivity index (χ1v) is 12.9. The van der Waals surface area contributed by atoms with Gasteiger partial charge in [-0.1, -0.05) is 36.4 Å². The van der Waals surface area contributed by atoms with Crippen LogP contribution in [-0.4, -0.2) is 32.5 Å². The van der Waals surface area contributed by atoms with Crippen LogP contribution in [0.25, 0.3) is 11.3 Å². The summed E-state index contributed by atoms with van der Waals surface area (Å²) in [6.45, 7) is 3.53. The number of nitrogens with zero attached hydrogens (tertiary/aromatic N) is 1. The highest BCUT2D eigenvalue weighted by molar-refractivity contribution is 5.95. The van der Waals surface area contributed by atoms with E-state index in [9.17, 15) is 0 Å². The van der Waals surface area contributed by atoms with Gasteiger partial charge in [0.15, 0.2) is 23.0 Å². The van der Waals surface area contributed by atoms with Crippen LogP contribution >= 0.6 is 0 Å². The smallest absolute Gasteiger partial charge is 0.231 e. The Bertz CT molecular complexity index is 1310. The summed E-state index contributed by atoms with van der Waals surface area (Å²) in [5.41, 5.74) is 9.23. The van der Waals surface area contributed by atoms with Gasteiger partial charge >= 0.3 is 0 Å². The molecule has 0 bridgehead atoms. The average Bonchev–Trinajstić information content (AvgIpc) is 3.38. The first kappa shape index (κ1) is 22.8. The Labute approximate surface area is 213 Å². The van der Waals surface area contributed by atoms with Gasteiger partial charge in [0.25, 0.3) is 0 Å². The van der Waals surface area contributed by atoms with Crippen molar-refractivity contribution >= 4 is 11.3 Å². The zero-order chi connectivity index (χ0) is 24.6. The molecule has 1 atom stereocenters. The van der Waals surface area contributed by atoms with Crippen molar-refractivity contribution in [1.29, 1.82) is 0 Å². The summed E-state index contributed by atoms with van der Waals surface area (Å²) in [4.78, 5) is 2.56. The van der Waals surface area contributed by atoms with Crippen LogP contribution in [-0.2, 0) is 12.8 Å². The molecule has 3 heterocycles. The fourth-order valence-electron chi connectivity index (χ4n) is 6.08. The standard InChI is InChI=1S/C31H33NO4/c1-20-29-23(13-14-26(33-2)31(29)34-3)24(12-8-7-11-21-9-5-4-6-10-21)30-25-18-28-27(35-19-36-28)17-22(25)15-16-32(20)30/h4-6,9-10,13-14,17-18,20H,7-8,11-12,15-16,19H2,1-3H3. The number of fused-ring (bicyclic) bond motifs is 5. The van der Waals surface area contributed by atoms with Crippen LogP contribution in [0.4, 0.5) is 0 Å². The van der Waals surface area contributed by atoms with Crippen LogP contribution in [0.1, 0.15) is 60.0 Å². The molecule has 5 nitrogen and oxygen atoms in total. The van der Waals surface area contributed by atoms with Gasteiger partial charge in [0.1, 0.15) is 0 Å². The second kappa shape index (κ2) is 9.45. The Morgan fingerprint density at radius 3 is 2.44 bits per heavy atom. The Morgan fingerprint density at radius 1 is 0.889 bits per heavy atom. The molecule has 0 aliphatic carbocycles. The number of unbranched alkanes of at least 4 members (excludes halogenated alkanes) is 1. The number of benzene rings is 3. The minimum atomic E-state index is 0.173. The summed E-state index contributed by atoms with van der Waals surface area (Å²) < 4.78 is 23.1. The molecule has 0 aromatic heterocycles. The number of rotatable bonds is 7. The maximum Gasteiger partial charge on any atom is 0.231 e. The molecule has 0 saturated carbocycles. The summed E-state index contributed by atoms with van der Waals surface area (Å²) in [6, 6.07) is 19.6. The Kier molecular flexibility index (Phi) is 6.00. The summed E-state index contributed by atoms with van der Waals surface area (Å²) in [7, 11) is 3.46. The molecule has 5 heteroatoms. The molecule has 3 aromatic carbocycles. The van der Waals surface area contributed by atoms with E-state index in [0.717, 1.165) is 61.6 Å². The molecule has 0 fully saturated rings. The predicted octanol–water partition coefficient (Wildman–Crippen LogP) is 6.65. The topological polar surface area (TPSA) is 40.2 Å². The van der Waals surface area contributed by atoms with E-state index in [1.165, 1.54) is 39.1 Å². The highest BCUT2D eigenvalue weighted by Crippen LogP contribution is 2.53. The third kappa shape index (κ3) is 3.78. The maximum atomic E-state index is 5.94. The van der Waals surface area contributed by atoms with Gasteiger partial charge in [-0.2, -0.15) is 0 Å². The fourth-order valence-corrected chi connectivity index (χ4v) is 6.08. The minimum Gasteiger partial charge on any atom is -0.493 e. The summed E-state index contributed by atoms with van der Waals surface area (Å²) in [6.07, 6.45) is 5.33. The van der Waals surface area contributed by atoms with E-state index >= 15 is 0 Å². The number of hydrogen-bond acceptors (Lipinski definition) is 5. The number of allylic oxidation sites excluding steroid dienone is 1. The van der Waals surface area contributed by atoms with Gasteiger partial charge in [-0.15, -0.1) is 0 Å². The quantitative estimate of drug-likeness (QED) is 0.352. The highest BCUT2D eigenvalue weighted by Gasteiger charge is 2.37. The number of ether oxygens (including phenoxy) is 4. The molecule has 0 saturated heterocycles. The van der Waals surface area contributed by atoms with Crippen LogP contribution in [0.5, 0.6) is 23.0 Å². The molecule has 1 unspecified atom stereocenters. The average molecular weight is 484 g/mol. The van der Waals surface area contributed by atoms with Crippen molar-refractivity contribution in [2.24, 2.45) is 0 Å². The molecular formula is C31H33NO4. The maximum absolute atomic E-state index is 5.94. The first-order chi connectivity index (χ1) is 17.7. The van der Waals surface area contributed by atoms with Crippen LogP contribution < -0.4 is 18.9 Å². The lowest BCUT2D eigenvalue weighted by Gasteiger charge is -2.44. The van der Waals surface area contributed by atoms with Gasteiger partial charge in [0.05, 0.1) is 20.3 Å². The lowest BCUT2D eigenvalue weighted by molar-refractivity contribution is 0.174. The monoisotopic (exact) mass is 483 g/mol. The minimum absolute atomic E-state index is 0.173. The Morgan fingerprint density at radius 2 is 1.67 bits per heavy atom. The van der Waals surface area contributed by atoms with Gasteiger partial charge in [-0.3, -0.25) is 0 Å². The zero-order valence-electron chi connectivity index (χ0n) is 21.3. The van der Waals surface area contributed by atoms with Gasteiger partial charge in [0.2, 0.25) is 6.79 Å². The highest BCUT2D eigenvalue weighted by atomic mass is 16.7. The summed E-state index contributed by atoms with van der Waals surface area (Å²) in [5.74, 6) is 3.34. The number of methoxy groups -OCH3 is 2. The molecule has 3 aliphatic heterocycles. The molecule has 0 radical (unpaired) electrons. The normalized spacial score (nSPS) is 17.4. The van der Waals surface area contributed by atoms with Crippen molar-refractivity contribution in [1.82, 2.24) is 4.90 Å². The van der Waals surface area contributed by atoms with Crippen molar-refractivity contribution in [3.8, 4) is 23.0 Å². The molecule has 3 aromatic rings.